The van der Waals surface area contributed by atoms with Gasteiger partial charge < -0.3 is 14.4 Å². The zero-order valence-corrected chi connectivity index (χ0v) is 17.5. The molecule has 0 heterocycles. The number of ether oxygens (including phenoxy) is 2. The van der Waals surface area contributed by atoms with Crippen LogP contribution in [0.15, 0.2) is 84.9 Å². The van der Waals surface area contributed by atoms with E-state index in [2.05, 4.69) is 36.1 Å². The van der Waals surface area contributed by atoms with Gasteiger partial charge >= 0.3 is 6.16 Å². The molecule has 0 aliphatic carbocycles. The Morgan fingerprint density at radius 3 is 2.10 bits per heavy atom. The van der Waals surface area contributed by atoms with Crippen LogP contribution in [-0.2, 0) is 11.2 Å². The van der Waals surface area contributed by atoms with Gasteiger partial charge in [-0.2, -0.15) is 0 Å². The normalized spacial score (nSPS) is 10.4. The van der Waals surface area contributed by atoms with E-state index < -0.39 is 6.16 Å². The highest BCUT2D eigenvalue weighted by Crippen LogP contribution is 2.16. The first-order chi connectivity index (χ1) is 14.7. The first-order valence-corrected chi connectivity index (χ1v) is 10.5. The van der Waals surface area contributed by atoms with Crippen molar-refractivity contribution in [1.29, 1.82) is 0 Å². The quantitative estimate of drug-likeness (QED) is 0.303. The van der Waals surface area contributed by atoms with E-state index in [0.29, 0.717) is 12.3 Å². The maximum absolute atomic E-state index is 12.1. The molecular formula is C26H29NO3. The van der Waals surface area contributed by atoms with Crippen LogP contribution in [0.2, 0.25) is 0 Å². The molecule has 4 nitrogen and oxygen atoms in total. The maximum Gasteiger partial charge on any atom is 0.513 e. The van der Waals surface area contributed by atoms with Gasteiger partial charge in [0.25, 0.3) is 0 Å². The van der Waals surface area contributed by atoms with Gasteiger partial charge in [-0.05, 0) is 48.2 Å². The second-order valence-corrected chi connectivity index (χ2v) is 7.18. The molecule has 0 atom stereocenters. The summed E-state index contributed by atoms with van der Waals surface area (Å²) in [4.78, 5) is 14.3. The summed E-state index contributed by atoms with van der Waals surface area (Å²) in [5.74, 6) is 0.489. The van der Waals surface area contributed by atoms with E-state index in [-0.39, 0.29) is 6.61 Å². The maximum atomic E-state index is 12.1. The number of unbranched alkanes of at least 4 members (excludes halogenated alkanes) is 1. The number of benzene rings is 3. The lowest BCUT2D eigenvalue weighted by Gasteiger charge is -2.24. The summed E-state index contributed by atoms with van der Waals surface area (Å²) in [7, 11) is 0. The van der Waals surface area contributed by atoms with E-state index in [1.165, 1.54) is 5.56 Å². The van der Waals surface area contributed by atoms with E-state index in [1.807, 2.05) is 48.5 Å². The van der Waals surface area contributed by atoms with Crippen molar-refractivity contribution in [3.63, 3.8) is 0 Å². The van der Waals surface area contributed by atoms with Crippen LogP contribution in [-0.4, -0.2) is 25.9 Å². The lowest BCUT2D eigenvalue weighted by atomic mass is 10.1. The highest BCUT2D eigenvalue weighted by molar-refractivity contribution is 5.63. The summed E-state index contributed by atoms with van der Waals surface area (Å²) >= 11 is 0. The van der Waals surface area contributed by atoms with Gasteiger partial charge in [0.15, 0.2) is 0 Å². The van der Waals surface area contributed by atoms with Crippen LogP contribution in [0.3, 0.4) is 0 Å². The zero-order chi connectivity index (χ0) is 21.0. The first-order valence-electron chi connectivity index (χ1n) is 10.5. The van der Waals surface area contributed by atoms with Gasteiger partial charge in [0.2, 0.25) is 0 Å². The van der Waals surface area contributed by atoms with Crippen molar-refractivity contribution in [2.24, 2.45) is 0 Å². The average Bonchev–Trinajstić information content (AvgIpc) is 2.79. The molecule has 3 aromatic carbocycles. The lowest BCUT2D eigenvalue weighted by Crippen LogP contribution is -2.29. The number of rotatable bonds is 10. The molecule has 0 saturated heterocycles. The Balaban J connectivity index is 1.45. The van der Waals surface area contributed by atoms with E-state index in [1.54, 1.807) is 12.1 Å². The standard InChI is InChI=1S/C26H29NO3/c1-2-3-18-27(24-12-8-5-9-13-24)19-20-29-26(28)30-25-16-14-23(15-17-25)21-22-10-6-4-7-11-22/h4-17H,2-3,18-21H2,1H3. The minimum atomic E-state index is -0.672. The molecule has 3 aromatic rings. The number of carbonyl (C=O) groups excluding carboxylic acids is 1. The van der Waals surface area contributed by atoms with E-state index >= 15 is 0 Å². The number of para-hydroxylation sites is 1. The number of anilines is 1. The van der Waals surface area contributed by atoms with Crippen LogP contribution < -0.4 is 9.64 Å². The van der Waals surface area contributed by atoms with Gasteiger partial charge in [0.1, 0.15) is 12.4 Å². The molecule has 0 saturated carbocycles. The molecule has 0 amide bonds. The molecule has 0 aliphatic heterocycles. The molecule has 30 heavy (non-hydrogen) atoms. The van der Waals surface area contributed by atoms with Gasteiger partial charge in [-0.3, -0.25) is 0 Å². The average molecular weight is 404 g/mol. The predicted molar refractivity (Wildman–Crippen MR) is 121 cm³/mol. The number of carbonyl (C=O) groups is 1. The molecule has 3 rings (SSSR count). The Hall–Kier alpha value is -3.27. The highest BCUT2D eigenvalue weighted by Gasteiger charge is 2.10. The molecule has 0 fully saturated rings. The number of hydrogen-bond acceptors (Lipinski definition) is 4. The lowest BCUT2D eigenvalue weighted by molar-refractivity contribution is 0.101. The van der Waals surface area contributed by atoms with Crippen molar-refractivity contribution in [3.8, 4) is 5.75 Å². The van der Waals surface area contributed by atoms with Crippen molar-refractivity contribution < 1.29 is 14.3 Å². The molecular weight excluding hydrogens is 374 g/mol. The van der Waals surface area contributed by atoms with Crippen molar-refractivity contribution in [2.75, 3.05) is 24.6 Å². The minimum Gasteiger partial charge on any atom is -0.432 e. The third-order valence-corrected chi connectivity index (χ3v) is 4.86. The van der Waals surface area contributed by atoms with Crippen molar-refractivity contribution >= 4 is 11.8 Å². The van der Waals surface area contributed by atoms with Gasteiger partial charge in [-0.15, -0.1) is 0 Å². The summed E-state index contributed by atoms with van der Waals surface area (Å²) in [6.45, 7) is 4.02. The van der Waals surface area contributed by atoms with Crippen molar-refractivity contribution in [2.45, 2.75) is 26.2 Å². The van der Waals surface area contributed by atoms with Crippen molar-refractivity contribution in [1.82, 2.24) is 0 Å². The Morgan fingerprint density at radius 2 is 1.43 bits per heavy atom. The molecule has 156 valence electrons. The molecule has 0 aromatic heterocycles. The predicted octanol–water partition coefficient (Wildman–Crippen LogP) is 6.10. The summed E-state index contributed by atoms with van der Waals surface area (Å²) in [6.07, 6.45) is 2.38. The molecule has 0 radical (unpaired) electrons. The van der Waals surface area contributed by atoms with Gasteiger partial charge in [0.05, 0.1) is 6.54 Å². The Labute approximate surface area is 179 Å². The summed E-state index contributed by atoms with van der Waals surface area (Å²) in [5, 5.41) is 0. The third kappa shape index (κ3) is 6.96. The fourth-order valence-corrected chi connectivity index (χ4v) is 3.23. The first kappa shape index (κ1) is 21.4. The second-order valence-electron chi connectivity index (χ2n) is 7.18. The topological polar surface area (TPSA) is 38.8 Å². The molecule has 0 bridgehead atoms. The van der Waals surface area contributed by atoms with Crippen LogP contribution in [0.1, 0.15) is 30.9 Å². The van der Waals surface area contributed by atoms with Crippen LogP contribution in [0.4, 0.5) is 10.5 Å². The second kappa shape index (κ2) is 11.7. The Morgan fingerprint density at radius 1 is 0.800 bits per heavy atom. The van der Waals surface area contributed by atoms with Crippen LogP contribution in [0, 0.1) is 0 Å². The largest absolute Gasteiger partial charge is 0.513 e. The summed E-state index contributed by atoms with van der Waals surface area (Å²) < 4.78 is 10.6. The van der Waals surface area contributed by atoms with Crippen LogP contribution in [0.5, 0.6) is 5.75 Å². The van der Waals surface area contributed by atoms with Crippen LogP contribution in [0.25, 0.3) is 0 Å². The van der Waals surface area contributed by atoms with Crippen molar-refractivity contribution in [3.05, 3.63) is 96.1 Å². The molecule has 0 spiro atoms. The SMILES string of the molecule is CCCCN(CCOC(=O)Oc1ccc(Cc2ccccc2)cc1)c1ccccc1. The van der Waals surface area contributed by atoms with Gasteiger partial charge in [-0.1, -0.05) is 74.0 Å². The molecule has 0 unspecified atom stereocenters. The number of nitrogens with zero attached hydrogens (tertiary/aromatic N) is 1. The molecule has 4 heteroatoms. The van der Waals surface area contributed by atoms with E-state index in [4.69, 9.17) is 9.47 Å². The fourth-order valence-electron chi connectivity index (χ4n) is 3.23. The van der Waals surface area contributed by atoms with Gasteiger partial charge in [0, 0.05) is 12.2 Å². The summed E-state index contributed by atoms with van der Waals surface area (Å²) in [6, 6.07) is 28.0. The van der Waals surface area contributed by atoms with E-state index in [0.717, 1.165) is 37.1 Å². The van der Waals surface area contributed by atoms with Crippen LogP contribution >= 0.6 is 0 Å². The zero-order valence-electron chi connectivity index (χ0n) is 17.5. The minimum absolute atomic E-state index is 0.281. The highest BCUT2D eigenvalue weighted by atomic mass is 16.7. The molecule has 0 N–H and O–H groups in total. The Kier molecular flexibility index (Phi) is 8.34. The Bertz CT molecular complexity index is 879. The smallest absolute Gasteiger partial charge is 0.432 e. The third-order valence-electron chi connectivity index (χ3n) is 4.86. The number of hydrogen-bond donors (Lipinski definition) is 0. The monoisotopic (exact) mass is 403 g/mol. The summed E-state index contributed by atoms with van der Waals surface area (Å²) in [5.41, 5.74) is 3.55. The van der Waals surface area contributed by atoms with Gasteiger partial charge in [-0.25, -0.2) is 4.79 Å². The molecule has 0 aliphatic rings. The fraction of sp³-hybridized carbons (Fsp3) is 0.269. The van der Waals surface area contributed by atoms with E-state index in [9.17, 15) is 4.79 Å².